The first-order valence-corrected chi connectivity index (χ1v) is 7.30. The fraction of sp³-hybridized carbons (Fsp3) is 0.533. The van der Waals surface area contributed by atoms with Crippen LogP contribution in [0.15, 0.2) is 18.2 Å². The maximum atomic E-state index is 12.0. The van der Waals surface area contributed by atoms with E-state index in [4.69, 9.17) is 16.3 Å². The number of amides is 2. The van der Waals surface area contributed by atoms with Gasteiger partial charge in [0.2, 0.25) is 0 Å². The van der Waals surface area contributed by atoms with Crippen molar-refractivity contribution in [1.82, 2.24) is 5.32 Å². The minimum Gasteiger partial charge on any atom is -0.394 e. The summed E-state index contributed by atoms with van der Waals surface area (Å²) in [7, 11) is 1.57. The highest BCUT2D eigenvalue weighted by atomic mass is 35.5. The first kappa shape index (κ1) is 17.8. The van der Waals surface area contributed by atoms with E-state index in [2.05, 4.69) is 10.6 Å². The van der Waals surface area contributed by atoms with E-state index in [1.54, 1.807) is 25.3 Å². The van der Waals surface area contributed by atoms with Crippen LogP contribution in [0.3, 0.4) is 0 Å². The van der Waals surface area contributed by atoms with Gasteiger partial charge in [-0.2, -0.15) is 0 Å². The molecule has 3 N–H and O–H groups in total. The largest absolute Gasteiger partial charge is 0.394 e. The summed E-state index contributed by atoms with van der Waals surface area (Å²) in [6.45, 7) is 4.29. The van der Waals surface area contributed by atoms with Crippen LogP contribution in [0.1, 0.15) is 25.8 Å². The molecule has 1 aromatic carbocycles. The summed E-state index contributed by atoms with van der Waals surface area (Å²) >= 11 is 6.10. The van der Waals surface area contributed by atoms with Gasteiger partial charge in [-0.1, -0.05) is 31.5 Å². The lowest BCUT2D eigenvalue weighted by atomic mass is 10.0. The molecule has 1 aromatic rings. The Morgan fingerprint density at radius 1 is 1.43 bits per heavy atom. The summed E-state index contributed by atoms with van der Waals surface area (Å²) in [6.07, 6.45) is 0.713. The number of aliphatic hydroxyl groups is 1. The van der Waals surface area contributed by atoms with E-state index in [-0.39, 0.29) is 18.7 Å². The third-order valence-electron chi connectivity index (χ3n) is 2.97. The van der Waals surface area contributed by atoms with Gasteiger partial charge in [0.25, 0.3) is 0 Å². The Bertz CT molecular complexity index is 466. The third kappa shape index (κ3) is 5.91. The summed E-state index contributed by atoms with van der Waals surface area (Å²) < 4.78 is 5.09. The number of carbonyl (C=O) groups is 1. The second-order valence-corrected chi connectivity index (χ2v) is 5.71. The van der Waals surface area contributed by atoms with Crippen LogP contribution in [0.5, 0.6) is 0 Å². The van der Waals surface area contributed by atoms with Gasteiger partial charge in [0, 0.05) is 23.4 Å². The van der Waals surface area contributed by atoms with Crippen LogP contribution >= 0.6 is 11.6 Å². The Morgan fingerprint density at radius 3 is 2.71 bits per heavy atom. The van der Waals surface area contributed by atoms with Crippen molar-refractivity contribution in [3.8, 4) is 0 Å². The molecule has 1 atom stereocenters. The highest BCUT2D eigenvalue weighted by Crippen LogP contribution is 2.25. The van der Waals surface area contributed by atoms with Crippen molar-refractivity contribution in [2.75, 3.05) is 19.0 Å². The fourth-order valence-corrected chi connectivity index (χ4v) is 2.29. The molecule has 118 valence electrons. The van der Waals surface area contributed by atoms with Crippen LogP contribution in [0.25, 0.3) is 0 Å². The van der Waals surface area contributed by atoms with Crippen molar-refractivity contribution in [3.63, 3.8) is 0 Å². The SMILES string of the molecule is COCc1c(Cl)cccc1NC(=O)NC(CO)CC(C)C. The molecular weight excluding hydrogens is 292 g/mol. The van der Waals surface area contributed by atoms with Crippen LogP contribution in [-0.2, 0) is 11.3 Å². The molecule has 0 bridgehead atoms. The first-order chi connectivity index (χ1) is 9.97. The maximum Gasteiger partial charge on any atom is 0.319 e. The standard InChI is InChI=1S/C15H23ClN2O3/c1-10(2)7-11(8-19)17-15(20)18-14-6-4-5-13(16)12(14)9-21-3/h4-6,10-11,19H,7-9H2,1-3H3,(H2,17,18,20). The van der Waals surface area contributed by atoms with Crippen molar-refractivity contribution in [1.29, 1.82) is 0 Å². The zero-order chi connectivity index (χ0) is 15.8. The molecule has 21 heavy (non-hydrogen) atoms. The topological polar surface area (TPSA) is 70.6 Å². The fourth-order valence-electron chi connectivity index (χ4n) is 2.06. The number of hydrogen-bond acceptors (Lipinski definition) is 3. The number of hydrogen-bond donors (Lipinski definition) is 3. The molecular formula is C15H23ClN2O3. The number of anilines is 1. The van der Waals surface area contributed by atoms with Gasteiger partial charge in [-0.05, 0) is 24.5 Å². The third-order valence-corrected chi connectivity index (χ3v) is 3.32. The summed E-state index contributed by atoms with van der Waals surface area (Å²) in [6, 6.07) is 4.63. The second-order valence-electron chi connectivity index (χ2n) is 5.31. The predicted molar refractivity (Wildman–Crippen MR) is 84.6 cm³/mol. The molecule has 0 heterocycles. The molecule has 0 fully saturated rings. The van der Waals surface area contributed by atoms with Gasteiger partial charge >= 0.3 is 6.03 Å². The average Bonchev–Trinajstić information content (AvgIpc) is 2.41. The van der Waals surface area contributed by atoms with Gasteiger partial charge in [0.05, 0.1) is 19.3 Å². The van der Waals surface area contributed by atoms with Crippen LogP contribution < -0.4 is 10.6 Å². The molecule has 1 rings (SSSR count). The first-order valence-electron chi connectivity index (χ1n) is 6.92. The molecule has 2 amide bonds. The number of ether oxygens (including phenoxy) is 1. The van der Waals surface area contributed by atoms with Crippen LogP contribution in [0, 0.1) is 5.92 Å². The average molecular weight is 315 g/mol. The molecule has 0 saturated carbocycles. The van der Waals surface area contributed by atoms with E-state index >= 15 is 0 Å². The summed E-state index contributed by atoms with van der Waals surface area (Å²) in [5.41, 5.74) is 1.32. The molecule has 0 spiro atoms. The van der Waals surface area contributed by atoms with Gasteiger partial charge in [0.1, 0.15) is 0 Å². The Morgan fingerprint density at radius 2 is 2.14 bits per heavy atom. The zero-order valence-corrected chi connectivity index (χ0v) is 13.4. The number of halogens is 1. The number of methoxy groups -OCH3 is 1. The van der Waals surface area contributed by atoms with E-state index < -0.39 is 0 Å². The molecule has 5 nitrogen and oxygen atoms in total. The van der Waals surface area contributed by atoms with Crippen molar-refractivity contribution in [2.24, 2.45) is 5.92 Å². The van der Waals surface area contributed by atoms with E-state index in [0.717, 1.165) is 5.56 Å². The summed E-state index contributed by atoms with van der Waals surface area (Å²) in [5.74, 6) is 0.387. The van der Waals surface area contributed by atoms with E-state index in [1.165, 1.54) is 0 Å². The second kappa shape index (κ2) is 8.87. The zero-order valence-electron chi connectivity index (χ0n) is 12.6. The minimum atomic E-state index is -0.366. The normalized spacial score (nSPS) is 12.3. The molecule has 6 heteroatoms. The predicted octanol–water partition coefficient (Wildman–Crippen LogP) is 3.01. The highest BCUT2D eigenvalue weighted by molar-refractivity contribution is 6.31. The van der Waals surface area contributed by atoms with Gasteiger partial charge in [-0.3, -0.25) is 0 Å². The number of aliphatic hydroxyl groups excluding tert-OH is 1. The molecule has 0 radical (unpaired) electrons. The molecule has 0 aliphatic rings. The maximum absolute atomic E-state index is 12.0. The lowest BCUT2D eigenvalue weighted by molar-refractivity contribution is 0.185. The smallest absolute Gasteiger partial charge is 0.319 e. The monoisotopic (exact) mass is 314 g/mol. The highest BCUT2D eigenvalue weighted by Gasteiger charge is 2.15. The number of urea groups is 1. The van der Waals surface area contributed by atoms with Crippen LogP contribution in [0.2, 0.25) is 5.02 Å². The molecule has 0 aromatic heterocycles. The van der Waals surface area contributed by atoms with Crippen molar-refractivity contribution in [3.05, 3.63) is 28.8 Å². The quantitative estimate of drug-likeness (QED) is 0.724. The minimum absolute atomic E-state index is 0.0912. The van der Waals surface area contributed by atoms with E-state index in [1.807, 2.05) is 13.8 Å². The number of rotatable bonds is 7. The van der Waals surface area contributed by atoms with Crippen molar-refractivity contribution < 1.29 is 14.6 Å². The number of nitrogens with one attached hydrogen (secondary N) is 2. The van der Waals surface area contributed by atoms with E-state index in [0.29, 0.717) is 29.7 Å². The molecule has 0 aliphatic heterocycles. The van der Waals surface area contributed by atoms with Gasteiger partial charge < -0.3 is 20.5 Å². The van der Waals surface area contributed by atoms with Gasteiger partial charge in [-0.15, -0.1) is 0 Å². The van der Waals surface area contributed by atoms with Crippen LogP contribution in [0.4, 0.5) is 10.5 Å². The van der Waals surface area contributed by atoms with E-state index in [9.17, 15) is 9.90 Å². The van der Waals surface area contributed by atoms with Crippen LogP contribution in [-0.4, -0.2) is 30.9 Å². The number of carbonyl (C=O) groups excluding carboxylic acids is 1. The van der Waals surface area contributed by atoms with Crippen molar-refractivity contribution >= 4 is 23.3 Å². The van der Waals surface area contributed by atoms with Gasteiger partial charge in [-0.25, -0.2) is 4.79 Å². The Kier molecular flexibility index (Phi) is 7.50. The van der Waals surface area contributed by atoms with Gasteiger partial charge in [0.15, 0.2) is 0 Å². The summed E-state index contributed by atoms with van der Waals surface area (Å²) in [4.78, 5) is 12.0. The lowest BCUT2D eigenvalue weighted by Crippen LogP contribution is -2.41. The Labute approximate surface area is 130 Å². The molecule has 0 aliphatic carbocycles. The Hall–Kier alpha value is -1.30. The molecule has 1 unspecified atom stereocenters. The Balaban J connectivity index is 2.72. The number of benzene rings is 1. The molecule has 0 saturated heterocycles. The summed E-state index contributed by atoms with van der Waals surface area (Å²) in [5, 5.41) is 15.3. The van der Waals surface area contributed by atoms with Crippen molar-refractivity contribution in [2.45, 2.75) is 32.9 Å². The lowest BCUT2D eigenvalue weighted by Gasteiger charge is -2.19.